The van der Waals surface area contributed by atoms with Gasteiger partial charge in [0.05, 0.1) is 12.1 Å². The third-order valence-corrected chi connectivity index (χ3v) is 4.23. The smallest absolute Gasteiger partial charge is 0.343 e. The Morgan fingerprint density at radius 2 is 2.00 bits per heavy atom. The molecule has 1 N–H and O–H groups in total. The fourth-order valence-corrected chi connectivity index (χ4v) is 2.83. The number of H-pyrrole nitrogens is 1. The van der Waals surface area contributed by atoms with Crippen LogP contribution in [0.2, 0.25) is 0 Å². The predicted octanol–water partition coefficient (Wildman–Crippen LogP) is 1.46. The number of pyridine rings is 1. The number of ether oxygens (including phenoxy) is 1. The van der Waals surface area contributed by atoms with Gasteiger partial charge in [0.2, 0.25) is 5.43 Å². The van der Waals surface area contributed by atoms with E-state index < -0.39 is 5.97 Å². The lowest BCUT2D eigenvalue weighted by atomic mass is 10.1. The number of aromatic amines is 1. The van der Waals surface area contributed by atoms with Crippen LogP contribution in [0.4, 0.5) is 5.69 Å². The molecule has 122 valence electrons. The fourth-order valence-electron chi connectivity index (χ4n) is 2.83. The normalized spacial score (nSPS) is 15.8. The van der Waals surface area contributed by atoms with Crippen LogP contribution in [0.3, 0.4) is 0 Å². The van der Waals surface area contributed by atoms with Gasteiger partial charge in [-0.2, -0.15) is 0 Å². The first-order valence-electron chi connectivity index (χ1n) is 7.86. The zero-order valence-corrected chi connectivity index (χ0v) is 13.5. The summed E-state index contributed by atoms with van der Waals surface area (Å²) in [6.45, 7) is 5.95. The van der Waals surface area contributed by atoms with E-state index in [2.05, 4.69) is 21.8 Å². The Bertz CT molecular complexity index is 776. The highest BCUT2D eigenvalue weighted by Crippen LogP contribution is 2.20. The van der Waals surface area contributed by atoms with E-state index in [-0.39, 0.29) is 17.6 Å². The minimum Gasteiger partial charge on any atom is -0.462 e. The molecule has 1 saturated heterocycles. The summed E-state index contributed by atoms with van der Waals surface area (Å²) in [6, 6.07) is 5.69. The largest absolute Gasteiger partial charge is 0.462 e. The van der Waals surface area contributed by atoms with Crippen molar-refractivity contribution in [3.05, 3.63) is 40.2 Å². The van der Waals surface area contributed by atoms with Crippen molar-refractivity contribution in [2.24, 2.45) is 0 Å². The van der Waals surface area contributed by atoms with Crippen LogP contribution >= 0.6 is 0 Å². The lowest BCUT2D eigenvalue weighted by Gasteiger charge is -2.34. The number of hydrogen-bond acceptors (Lipinski definition) is 5. The average molecular weight is 315 g/mol. The number of esters is 1. The summed E-state index contributed by atoms with van der Waals surface area (Å²) in [5.41, 5.74) is 1.58. The van der Waals surface area contributed by atoms with Crippen molar-refractivity contribution in [1.82, 2.24) is 9.88 Å². The second-order valence-corrected chi connectivity index (χ2v) is 5.77. The van der Waals surface area contributed by atoms with Crippen LogP contribution in [-0.2, 0) is 4.74 Å². The summed E-state index contributed by atoms with van der Waals surface area (Å²) >= 11 is 0. The highest BCUT2D eigenvalue weighted by Gasteiger charge is 2.17. The second-order valence-electron chi connectivity index (χ2n) is 5.77. The number of aromatic nitrogens is 1. The van der Waals surface area contributed by atoms with Crippen LogP contribution in [0, 0.1) is 0 Å². The Morgan fingerprint density at radius 3 is 2.70 bits per heavy atom. The number of nitrogens with zero attached hydrogens (tertiary/aromatic N) is 2. The maximum absolute atomic E-state index is 12.4. The van der Waals surface area contributed by atoms with Gasteiger partial charge < -0.3 is 19.5 Å². The van der Waals surface area contributed by atoms with Crippen molar-refractivity contribution in [2.75, 3.05) is 44.7 Å². The second kappa shape index (κ2) is 6.42. The summed E-state index contributed by atoms with van der Waals surface area (Å²) < 4.78 is 4.91. The zero-order chi connectivity index (χ0) is 16.4. The molecular weight excluding hydrogens is 294 g/mol. The van der Waals surface area contributed by atoms with Crippen LogP contribution in [-0.4, -0.2) is 55.7 Å². The quantitative estimate of drug-likeness (QED) is 0.869. The molecule has 6 heteroatoms. The molecule has 1 aromatic carbocycles. The highest BCUT2D eigenvalue weighted by molar-refractivity contribution is 5.94. The minimum atomic E-state index is -0.584. The van der Waals surface area contributed by atoms with E-state index in [0.29, 0.717) is 5.39 Å². The van der Waals surface area contributed by atoms with Crippen LogP contribution in [0.1, 0.15) is 17.3 Å². The van der Waals surface area contributed by atoms with Gasteiger partial charge >= 0.3 is 5.97 Å². The summed E-state index contributed by atoms with van der Waals surface area (Å²) in [6.07, 6.45) is 1.44. The number of carbonyl (C=O) groups excluding carboxylic acids is 1. The predicted molar refractivity (Wildman–Crippen MR) is 90.2 cm³/mol. The Labute approximate surface area is 134 Å². The first-order valence-corrected chi connectivity index (χ1v) is 7.86. The third kappa shape index (κ3) is 3.07. The van der Waals surface area contributed by atoms with E-state index in [4.69, 9.17) is 4.74 Å². The highest BCUT2D eigenvalue weighted by atomic mass is 16.5. The Morgan fingerprint density at radius 1 is 1.26 bits per heavy atom. The Kier molecular flexibility index (Phi) is 4.34. The topological polar surface area (TPSA) is 65.6 Å². The van der Waals surface area contributed by atoms with E-state index in [1.165, 1.54) is 6.20 Å². The van der Waals surface area contributed by atoms with Crippen molar-refractivity contribution in [2.45, 2.75) is 6.92 Å². The molecule has 0 radical (unpaired) electrons. The molecule has 3 rings (SSSR count). The summed E-state index contributed by atoms with van der Waals surface area (Å²) in [7, 11) is 2.12. The number of fused-ring (bicyclic) bond motifs is 1. The number of carbonyl (C=O) groups is 1. The third-order valence-electron chi connectivity index (χ3n) is 4.23. The molecule has 1 aliphatic heterocycles. The van der Waals surface area contributed by atoms with Gasteiger partial charge in [-0.3, -0.25) is 4.79 Å². The average Bonchev–Trinajstić information content (AvgIpc) is 2.55. The molecule has 0 saturated carbocycles. The van der Waals surface area contributed by atoms with E-state index >= 15 is 0 Å². The number of rotatable bonds is 3. The van der Waals surface area contributed by atoms with Gasteiger partial charge in [0.15, 0.2) is 0 Å². The van der Waals surface area contributed by atoms with Gasteiger partial charge in [-0.15, -0.1) is 0 Å². The molecule has 0 atom stereocenters. The molecule has 0 aliphatic carbocycles. The van der Waals surface area contributed by atoms with Crippen LogP contribution < -0.4 is 10.3 Å². The van der Waals surface area contributed by atoms with Crippen molar-refractivity contribution < 1.29 is 9.53 Å². The molecule has 2 heterocycles. The molecule has 0 spiro atoms. The molecule has 2 aromatic rings. The zero-order valence-electron chi connectivity index (χ0n) is 13.5. The van der Waals surface area contributed by atoms with Crippen LogP contribution in [0.15, 0.2) is 29.2 Å². The van der Waals surface area contributed by atoms with Crippen LogP contribution in [0.5, 0.6) is 0 Å². The van der Waals surface area contributed by atoms with Gasteiger partial charge in [-0.05, 0) is 32.2 Å². The summed E-state index contributed by atoms with van der Waals surface area (Å²) in [4.78, 5) is 31.9. The Hall–Kier alpha value is -2.34. The van der Waals surface area contributed by atoms with Crippen molar-refractivity contribution >= 4 is 22.6 Å². The van der Waals surface area contributed by atoms with Gasteiger partial charge in [0.1, 0.15) is 5.56 Å². The van der Waals surface area contributed by atoms with Crippen molar-refractivity contribution in [3.63, 3.8) is 0 Å². The fraction of sp³-hybridized carbons (Fsp3) is 0.412. The number of hydrogen-bond donors (Lipinski definition) is 1. The summed E-state index contributed by atoms with van der Waals surface area (Å²) in [5.74, 6) is -0.584. The Balaban J connectivity index is 1.94. The van der Waals surface area contributed by atoms with E-state index in [1.807, 2.05) is 12.1 Å². The molecule has 23 heavy (non-hydrogen) atoms. The number of benzene rings is 1. The first kappa shape index (κ1) is 15.6. The van der Waals surface area contributed by atoms with Crippen molar-refractivity contribution in [3.8, 4) is 0 Å². The molecule has 0 amide bonds. The lowest BCUT2D eigenvalue weighted by molar-refractivity contribution is 0.0524. The van der Waals surface area contributed by atoms with Gasteiger partial charge in [0.25, 0.3) is 0 Å². The van der Waals surface area contributed by atoms with Crippen molar-refractivity contribution in [1.29, 1.82) is 0 Å². The number of likely N-dealkylation sites (N-methyl/N-ethyl adjacent to an activating group) is 1. The molecule has 6 nitrogen and oxygen atoms in total. The molecule has 0 unspecified atom stereocenters. The van der Waals surface area contributed by atoms with E-state index in [9.17, 15) is 9.59 Å². The standard InChI is InChI=1S/C17H21N3O3/c1-3-23-17(22)14-11-18-15-10-12(4-5-13(15)16(14)21)20-8-6-19(2)7-9-20/h4-5,10-11H,3,6-9H2,1-2H3,(H,18,21). The van der Waals surface area contributed by atoms with E-state index in [0.717, 1.165) is 37.4 Å². The number of piperazine rings is 1. The SMILES string of the molecule is CCOC(=O)c1c[nH]c2cc(N3CCN(C)CC3)ccc2c1=O. The number of anilines is 1. The number of nitrogens with one attached hydrogen (secondary N) is 1. The van der Waals surface area contributed by atoms with E-state index in [1.54, 1.807) is 13.0 Å². The maximum Gasteiger partial charge on any atom is 0.343 e. The molecule has 1 fully saturated rings. The molecule has 1 aliphatic rings. The lowest BCUT2D eigenvalue weighted by Crippen LogP contribution is -2.44. The molecule has 0 bridgehead atoms. The molecule has 1 aromatic heterocycles. The van der Waals surface area contributed by atoms with Gasteiger partial charge in [-0.1, -0.05) is 0 Å². The first-order chi connectivity index (χ1) is 11.1. The van der Waals surface area contributed by atoms with Gasteiger partial charge in [-0.25, -0.2) is 4.79 Å². The monoisotopic (exact) mass is 315 g/mol. The minimum absolute atomic E-state index is 0.0479. The maximum atomic E-state index is 12.4. The van der Waals surface area contributed by atoms with Crippen LogP contribution in [0.25, 0.3) is 10.9 Å². The van der Waals surface area contributed by atoms with Gasteiger partial charge in [0, 0.05) is 43.4 Å². The summed E-state index contributed by atoms with van der Waals surface area (Å²) in [5, 5.41) is 0.508. The molecular formula is C17H21N3O3.